The lowest BCUT2D eigenvalue weighted by atomic mass is 10.5. The Morgan fingerprint density at radius 3 is 2.77 bits per heavy atom. The van der Waals surface area contributed by atoms with Crippen molar-refractivity contribution in [2.45, 2.75) is 0 Å². The first kappa shape index (κ1) is 7.47. The fraction of sp³-hybridized carbons (Fsp3) is 0. The van der Waals surface area contributed by atoms with Crippen LogP contribution in [0.2, 0.25) is 0 Å². The van der Waals surface area contributed by atoms with Gasteiger partial charge in [-0.1, -0.05) is 0 Å². The van der Waals surface area contributed by atoms with Crippen LogP contribution in [-0.4, -0.2) is 20.4 Å². The highest BCUT2D eigenvalue weighted by Crippen LogP contribution is 2.18. The number of aromatic nitrogens is 4. The predicted octanol–water partition coefficient (Wildman–Crippen LogP) is 1.13. The number of nitrogen functional groups attached to an aromatic ring is 1. The van der Waals surface area contributed by atoms with E-state index in [2.05, 4.69) is 30.6 Å². The molecule has 0 aliphatic heterocycles. The van der Waals surface area contributed by atoms with Crippen molar-refractivity contribution in [3.8, 4) is 0 Å². The molecule has 0 unspecified atom stereocenters. The molecule has 2 aromatic rings. The zero-order valence-electron chi connectivity index (χ0n) is 6.60. The summed E-state index contributed by atoms with van der Waals surface area (Å²) in [5, 5.41) is 20.3. The van der Waals surface area contributed by atoms with Gasteiger partial charge in [-0.3, -0.25) is 10.2 Å². The van der Waals surface area contributed by atoms with Crippen LogP contribution in [-0.2, 0) is 0 Å². The minimum absolute atomic E-state index is 0.439. The Morgan fingerprint density at radius 2 is 2.15 bits per heavy atom. The monoisotopic (exact) mass is 177 g/mol. The molecule has 0 saturated heterocycles. The van der Waals surface area contributed by atoms with Crippen LogP contribution in [0.15, 0.2) is 28.7 Å². The third-order valence-electron chi connectivity index (χ3n) is 1.39. The van der Waals surface area contributed by atoms with Crippen molar-refractivity contribution in [3.63, 3.8) is 0 Å². The normalized spacial score (nSPS) is 11.1. The van der Waals surface area contributed by atoms with Gasteiger partial charge in [-0.2, -0.15) is 10.2 Å². The lowest BCUT2D eigenvalue weighted by molar-refractivity contribution is 1.03. The predicted molar refractivity (Wildman–Crippen MR) is 45.8 cm³/mol. The van der Waals surface area contributed by atoms with Gasteiger partial charge in [0.2, 0.25) is 0 Å². The number of aromatic amines is 2. The first-order valence-electron chi connectivity index (χ1n) is 3.56. The standard InChI is InChI=1S/C6H7N7/c7-4-3-9-12-6(4)13-11-5-1-2-8-10-5/h1-3H,7H2,(H,8,10)(H,9,12). The molecule has 7 nitrogen and oxygen atoms in total. The lowest BCUT2D eigenvalue weighted by Gasteiger charge is -1.85. The molecule has 2 heterocycles. The van der Waals surface area contributed by atoms with Crippen molar-refractivity contribution < 1.29 is 0 Å². The molecule has 2 rings (SSSR count). The van der Waals surface area contributed by atoms with Gasteiger partial charge in [0.1, 0.15) is 0 Å². The van der Waals surface area contributed by atoms with Crippen molar-refractivity contribution >= 4 is 17.3 Å². The number of H-pyrrole nitrogens is 2. The minimum Gasteiger partial charge on any atom is -0.394 e. The van der Waals surface area contributed by atoms with Gasteiger partial charge in [-0.15, -0.1) is 10.2 Å². The summed E-state index contributed by atoms with van der Waals surface area (Å²) in [7, 11) is 0. The van der Waals surface area contributed by atoms with E-state index in [0.717, 1.165) is 0 Å². The summed E-state index contributed by atoms with van der Waals surface area (Å²) >= 11 is 0. The largest absolute Gasteiger partial charge is 0.394 e. The second kappa shape index (κ2) is 3.05. The lowest BCUT2D eigenvalue weighted by Crippen LogP contribution is -1.78. The Morgan fingerprint density at radius 1 is 1.23 bits per heavy atom. The number of nitrogens with one attached hydrogen (secondary N) is 2. The maximum atomic E-state index is 5.51. The van der Waals surface area contributed by atoms with Gasteiger partial charge < -0.3 is 5.73 Å². The van der Waals surface area contributed by atoms with E-state index in [1.54, 1.807) is 12.3 Å². The quantitative estimate of drug-likeness (QED) is 0.598. The average molecular weight is 177 g/mol. The molecule has 66 valence electrons. The maximum absolute atomic E-state index is 5.51. The number of hydrogen-bond acceptors (Lipinski definition) is 5. The summed E-state index contributed by atoms with van der Waals surface area (Å²) in [6, 6.07) is 1.69. The summed E-state index contributed by atoms with van der Waals surface area (Å²) in [6.45, 7) is 0. The van der Waals surface area contributed by atoms with E-state index in [-0.39, 0.29) is 0 Å². The van der Waals surface area contributed by atoms with E-state index in [1.165, 1.54) is 6.20 Å². The van der Waals surface area contributed by atoms with Gasteiger partial charge in [-0.05, 0) is 0 Å². The molecule has 0 atom stereocenters. The number of rotatable bonds is 2. The van der Waals surface area contributed by atoms with Gasteiger partial charge in [-0.25, -0.2) is 0 Å². The zero-order valence-corrected chi connectivity index (χ0v) is 6.60. The second-order valence-corrected chi connectivity index (χ2v) is 2.32. The first-order chi connectivity index (χ1) is 6.36. The number of anilines is 1. The van der Waals surface area contributed by atoms with Gasteiger partial charge in [0.05, 0.1) is 18.1 Å². The smallest absolute Gasteiger partial charge is 0.193 e. The summed E-state index contributed by atoms with van der Waals surface area (Å²) in [6.07, 6.45) is 3.06. The Labute approximate surface area is 73.1 Å². The summed E-state index contributed by atoms with van der Waals surface area (Å²) < 4.78 is 0. The number of nitrogens with zero attached hydrogens (tertiary/aromatic N) is 4. The molecule has 0 radical (unpaired) electrons. The van der Waals surface area contributed by atoms with Crippen LogP contribution in [0.4, 0.5) is 17.3 Å². The first-order valence-corrected chi connectivity index (χ1v) is 3.56. The number of hydrogen-bond donors (Lipinski definition) is 3. The van der Waals surface area contributed by atoms with Gasteiger partial charge in [0.15, 0.2) is 11.6 Å². The van der Waals surface area contributed by atoms with E-state index in [0.29, 0.717) is 17.3 Å². The Hall–Kier alpha value is -2.18. The summed E-state index contributed by atoms with van der Waals surface area (Å²) in [5.74, 6) is 1.00. The molecule has 0 fully saturated rings. The Kier molecular flexibility index (Phi) is 1.75. The molecule has 0 amide bonds. The van der Waals surface area contributed by atoms with Gasteiger partial charge in [0, 0.05) is 6.07 Å². The van der Waals surface area contributed by atoms with E-state index in [4.69, 9.17) is 5.73 Å². The molecule has 0 bridgehead atoms. The molecule has 4 N–H and O–H groups in total. The molecule has 13 heavy (non-hydrogen) atoms. The molecule has 0 aliphatic rings. The van der Waals surface area contributed by atoms with Crippen molar-refractivity contribution in [1.29, 1.82) is 0 Å². The number of azo groups is 1. The van der Waals surface area contributed by atoms with E-state index < -0.39 is 0 Å². The van der Waals surface area contributed by atoms with Crippen LogP contribution >= 0.6 is 0 Å². The molecule has 0 spiro atoms. The summed E-state index contributed by atoms with van der Waals surface area (Å²) in [5.41, 5.74) is 5.97. The van der Waals surface area contributed by atoms with E-state index in [9.17, 15) is 0 Å². The topological polar surface area (TPSA) is 108 Å². The van der Waals surface area contributed by atoms with Crippen LogP contribution in [0.25, 0.3) is 0 Å². The third-order valence-corrected chi connectivity index (χ3v) is 1.39. The maximum Gasteiger partial charge on any atom is 0.193 e. The molecular formula is C6H7N7. The molecule has 0 aromatic carbocycles. The molecular weight excluding hydrogens is 170 g/mol. The van der Waals surface area contributed by atoms with Crippen molar-refractivity contribution in [1.82, 2.24) is 20.4 Å². The fourth-order valence-electron chi connectivity index (χ4n) is 0.777. The molecule has 7 heteroatoms. The van der Waals surface area contributed by atoms with Crippen LogP contribution < -0.4 is 5.73 Å². The van der Waals surface area contributed by atoms with Crippen molar-refractivity contribution in [2.24, 2.45) is 10.2 Å². The van der Waals surface area contributed by atoms with Gasteiger partial charge >= 0.3 is 0 Å². The van der Waals surface area contributed by atoms with Crippen LogP contribution in [0.5, 0.6) is 0 Å². The van der Waals surface area contributed by atoms with Crippen LogP contribution in [0, 0.1) is 0 Å². The van der Waals surface area contributed by atoms with E-state index >= 15 is 0 Å². The molecule has 0 saturated carbocycles. The average Bonchev–Trinajstić information content (AvgIpc) is 2.72. The highest BCUT2D eigenvalue weighted by molar-refractivity contribution is 5.55. The van der Waals surface area contributed by atoms with Crippen LogP contribution in [0.1, 0.15) is 0 Å². The number of nitrogens with two attached hydrogens (primary N) is 1. The molecule has 2 aromatic heterocycles. The van der Waals surface area contributed by atoms with Crippen molar-refractivity contribution in [3.05, 3.63) is 18.5 Å². The Balaban J connectivity index is 2.19. The molecule has 0 aliphatic carbocycles. The second-order valence-electron chi connectivity index (χ2n) is 2.32. The highest BCUT2D eigenvalue weighted by atomic mass is 15.3. The summed E-state index contributed by atoms with van der Waals surface area (Å²) in [4.78, 5) is 0. The van der Waals surface area contributed by atoms with Gasteiger partial charge in [0.25, 0.3) is 0 Å². The van der Waals surface area contributed by atoms with E-state index in [1.807, 2.05) is 0 Å². The Bertz CT molecular complexity index is 398. The third kappa shape index (κ3) is 1.53. The fourth-order valence-corrected chi connectivity index (χ4v) is 0.777. The SMILES string of the molecule is Nc1cn[nH]c1N=Nc1ccn[nH]1. The van der Waals surface area contributed by atoms with Crippen LogP contribution in [0.3, 0.4) is 0 Å². The zero-order chi connectivity index (χ0) is 9.10. The highest BCUT2D eigenvalue weighted by Gasteiger charge is 1.97. The van der Waals surface area contributed by atoms with Crippen molar-refractivity contribution in [2.75, 3.05) is 5.73 Å². The minimum atomic E-state index is 0.439.